The molecule has 0 amide bonds. The Morgan fingerprint density at radius 2 is 1.64 bits per heavy atom. The van der Waals surface area contributed by atoms with E-state index in [0.29, 0.717) is 41.4 Å². The van der Waals surface area contributed by atoms with E-state index >= 15 is 0 Å². The lowest BCUT2D eigenvalue weighted by Gasteiger charge is -2.21. The molecular weight excluding hydrogens is 456 g/mol. The quantitative estimate of drug-likeness (QED) is 0.268. The Labute approximate surface area is 212 Å². The molecule has 0 radical (unpaired) electrons. The summed E-state index contributed by atoms with van der Waals surface area (Å²) < 4.78 is 17.6. The molecule has 6 heteroatoms. The first-order valence-electron chi connectivity index (χ1n) is 12.4. The molecule has 1 unspecified atom stereocenters. The van der Waals surface area contributed by atoms with Crippen molar-refractivity contribution in [2.75, 3.05) is 13.2 Å². The second-order valence-electron chi connectivity index (χ2n) is 8.65. The van der Waals surface area contributed by atoms with Crippen LogP contribution in [0.25, 0.3) is 0 Å². The lowest BCUT2D eigenvalue weighted by Crippen LogP contribution is -2.21. The van der Waals surface area contributed by atoms with Crippen LogP contribution >= 0.6 is 0 Å². The molecule has 3 aromatic rings. The summed E-state index contributed by atoms with van der Waals surface area (Å²) in [4.78, 5) is 24.0. The molecule has 0 spiro atoms. The van der Waals surface area contributed by atoms with Gasteiger partial charge in [0.25, 0.3) is 0 Å². The van der Waals surface area contributed by atoms with Gasteiger partial charge in [-0.3, -0.25) is 4.79 Å². The number of ether oxygens (including phenoxy) is 3. The Balaban J connectivity index is 1.68. The van der Waals surface area contributed by atoms with Gasteiger partial charge in [0.1, 0.15) is 23.4 Å². The molecule has 1 N–H and O–H groups in total. The van der Waals surface area contributed by atoms with E-state index in [1.54, 1.807) is 12.1 Å². The van der Waals surface area contributed by atoms with E-state index in [4.69, 9.17) is 19.3 Å². The fraction of sp³-hybridized carbons (Fsp3) is 0.333. The van der Waals surface area contributed by atoms with Gasteiger partial charge in [0.05, 0.1) is 12.2 Å². The van der Waals surface area contributed by atoms with Gasteiger partial charge in [-0.1, -0.05) is 56.7 Å². The van der Waals surface area contributed by atoms with Gasteiger partial charge < -0.3 is 19.3 Å². The van der Waals surface area contributed by atoms with Gasteiger partial charge >= 0.3 is 5.97 Å². The van der Waals surface area contributed by atoms with E-state index in [1.807, 2.05) is 61.5 Å². The molecule has 1 atom stereocenters. The maximum Gasteiger partial charge on any atom is 0.341 e. The van der Waals surface area contributed by atoms with E-state index in [-0.39, 0.29) is 18.5 Å². The average Bonchev–Trinajstić information content (AvgIpc) is 2.88. The molecule has 3 aromatic carbocycles. The Morgan fingerprint density at radius 3 is 2.31 bits per heavy atom. The van der Waals surface area contributed by atoms with Crippen molar-refractivity contribution < 1.29 is 28.9 Å². The van der Waals surface area contributed by atoms with Crippen LogP contribution < -0.4 is 14.2 Å². The third-order valence-electron chi connectivity index (χ3n) is 5.84. The fourth-order valence-electron chi connectivity index (χ4n) is 3.91. The number of rotatable bonds is 14. The van der Waals surface area contributed by atoms with Gasteiger partial charge in [0, 0.05) is 12.0 Å². The number of carbonyl (C=O) groups is 2. The van der Waals surface area contributed by atoms with Gasteiger partial charge in [0.15, 0.2) is 12.4 Å². The van der Waals surface area contributed by atoms with Crippen molar-refractivity contribution in [1.29, 1.82) is 0 Å². The summed E-state index contributed by atoms with van der Waals surface area (Å²) in [6.45, 7) is 6.07. The van der Waals surface area contributed by atoms with Crippen molar-refractivity contribution in [2.24, 2.45) is 0 Å². The average molecular weight is 491 g/mol. The van der Waals surface area contributed by atoms with Crippen molar-refractivity contribution in [2.45, 2.75) is 52.6 Å². The molecule has 3 rings (SSSR count). The minimum Gasteiger partial charge on any atom is -0.493 e. The van der Waals surface area contributed by atoms with E-state index in [1.165, 1.54) is 0 Å². The Bertz CT molecular complexity index is 1160. The SMILES string of the molecule is CCCC(CCOc1ccc(OCC(=O)O)c(C)c1)Oc1ccc(CC)cc1C(=O)c1ccccc1. The monoisotopic (exact) mass is 490 g/mol. The smallest absolute Gasteiger partial charge is 0.341 e. The zero-order valence-corrected chi connectivity index (χ0v) is 21.2. The molecule has 36 heavy (non-hydrogen) atoms. The van der Waals surface area contributed by atoms with E-state index < -0.39 is 5.97 Å². The summed E-state index contributed by atoms with van der Waals surface area (Å²) in [5.74, 6) is 0.721. The van der Waals surface area contributed by atoms with Crippen LogP contribution in [0.5, 0.6) is 17.2 Å². The molecular formula is C30H34O6. The molecule has 0 fully saturated rings. The molecule has 0 aliphatic heterocycles. The zero-order chi connectivity index (χ0) is 25.9. The van der Waals surface area contributed by atoms with Crippen LogP contribution in [0.3, 0.4) is 0 Å². The molecule has 0 saturated carbocycles. The topological polar surface area (TPSA) is 82.1 Å². The van der Waals surface area contributed by atoms with Crippen molar-refractivity contribution in [1.82, 2.24) is 0 Å². The van der Waals surface area contributed by atoms with Gasteiger partial charge in [-0.05, 0) is 61.2 Å². The van der Waals surface area contributed by atoms with Crippen molar-refractivity contribution in [3.8, 4) is 17.2 Å². The first-order valence-corrected chi connectivity index (χ1v) is 12.4. The van der Waals surface area contributed by atoms with Crippen LogP contribution in [0.1, 0.15) is 60.2 Å². The van der Waals surface area contributed by atoms with Gasteiger partial charge in [0.2, 0.25) is 0 Å². The minimum absolute atomic E-state index is 0.0481. The highest BCUT2D eigenvalue weighted by Gasteiger charge is 2.19. The maximum absolute atomic E-state index is 13.3. The first kappa shape index (κ1) is 26.8. The van der Waals surface area contributed by atoms with Crippen LogP contribution in [-0.4, -0.2) is 36.2 Å². The Morgan fingerprint density at radius 1 is 0.889 bits per heavy atom. The largest absolute Gasteiger partial charge is 0.493 e. The number of aryl methyl sites for hydroxylation is 2. The lowest BCUT2D eigenvalue weighted by atomic mass is 9.99. The third kappa shape index (κ3) is 7.60. The molecule has 0 saturated heterocycles. The number of carboxylic acids is 1. The van der Waals surface area contributed by atoms with Crippen LogP contribution in [0.2, 0.25) is 0 Å². The minimum atomic E-state index is -1.02. The number of ketones is 1. The number of hydrogen-bond acceptors (Lipinski definition) is 5. The summed E-state index contributed by atoms with van der Waals surface area (Å²) in [6, 6.07) is 20.4. The summed E-state index contributed by atoms with van der Waals surface area (Å²) in [7, 11) is 0. The van der Waals surface area contributed by atoms with Crippen LogP contribution in [-0.2, 0) is 11.2 Å². The number of carboxylic acid groups (broad SMARTS) is 1. The highest BCUT2D eigenvalue weighted by atomic mass is 16.5. The van der Waals surface area contributed by atoms with Crippen molar-refractivity contribution in [3.63, 3.8) is 0 Å². The summed E-state index contributed by atoms with van der Waals surface area (Å²) in [6.07, 6.45) is 3.15. The summed E-state index contributed by atoms with van der Waals surface area (Å²) in [5.41, 5.74) is 3.10. The molecule has 0 heterocycles. The standard InChI is InChI=1S/C30H34O6/c1-4-9-24(16-17-34-25-13-15-27(21(3)18-25)35-20-29(31)32)36-28-14-12-22(5-2)19-26(28)30(33)23-10-7-6-8-11-23/h6-8,10-15,18-19,24H,4-5,9,16-17,20H2,1-3H3,(H,31,32). The first-order chi connectivity index (χ1) is 17.4. The highest BCUT2D eigenvalue weighted by molar-refractivity contribution is 6.10. The number of carbonyl (C=O) groups excluding carboxylic acids is 1. The van der Waals surface area contributed by atoms with Crippen LogP contribution in [0.4, 0.5) is 0 Å². The predicted molar refractivity (Wildman–Crippen MR) is 139 cm³/mol. The molecule has 6 nitrogen and oxygen atoms in total. The number of hydrogen-bond donors (Lipinski definition) is 1. The number of benzene rings is 3. The zero-order valence-electron chi connectivity index (χ0n) is 21.2. The van der Waals surface area contributed by atoms with Crippen molar-refractivity contribution in [3.05, 3.63) is 89.0 Å². The number of aliphatic carboxylic acids is 1. The van der Waals surface area contributed by atoms with E-state index in [2.05, 4.69) is 13.8 Å². The van der Waals surface area contributed by atoms with Crippen molar-refractivity contribution >= 4 is 11.8 Å². The Hall–Kier alpha value is -3.80. The van der Waals surface area contributed by atoms with Crippen LogP contribution in [0.15, 0.2) is 66.7 Å². The second-order valence-corrected chi connectivity index (χ2v) is 8.65. The molecule has 0 bridgehead atoms. The maximum atomic E-state index is 13.3. The van der Waals surface area contributed by atoms with Gasteiger partial charge in [-0.2, -0.15) is 0 Å². The third-order valence-corrected chi connectivity index (χ3v) is 5.84. The Kier molecular flexibility index (Phi) is 9.92. The molecule has 0 aliphatic carbocycles. The van der Waals surface area contributed by atoms with E-state index in [0.717, 1.165) is 30.4 Å². The lowest BCUT2D eigenvalue weighted by molar-refractivity contribution is -0.139. The normalized spacial score (nSPS) is 11.5. The summed E-state index contributed by atoms with van der Waals surface area (Å²) >= 11 is 0. The van der Waals surface area contributed by atoms with Gasteiger partial charge in [-0.25, -0.2) is 4.79 Å². The second kappa shape index (κ2) is 13.3. The van der Waals surface area contributed by atoms with Crippen LogP contribution in [0, 0.1) is 6.92 Å². The molecule has 0 aromatic heterocycles. The molecule has 190 valence electrons. The highest BCUT2D eigenvalue weighted by Crippen LogP contribution is 2.27. The summed E-state index contributed by atoms with van der Waals surface area (Å²) in [5, 5.41) is 8.79. The fourth-order valence-corrected chi connectivity index (χ4v) is 3.91. The van der Waals surface area contributed by atoms with E-state index in [9.17, 15) is 9.59 Å². The van der Waals surface area contributed by atoms with Gasteiger partial charge in [-0.15, -0.1) is 0 Å². The molecule has 0 aliphatic rings. The predicted octanol–water partition coefficient (Wildman–Crippen LogP) is 6.27.